The van der Waals surface area contributed by atoms with E-state index in [1.165, 1.54) is 11.3 Å². The molecule has 1 saturated heterocycles. The average Bonchev–Trinajstić information content (AvgIpc) is 3.29. The number of carbonyl (C=O) groups excluding carboxylic acids is 1. The molecule has 3 aromatic rings. The fraction of sp³-hybridized carbons (Fsp3) is 0.476. The third kappa shape index (κ3) is 4.51. The standard InChI is InChI=1S/C21H26ClN5O2S/c1-14-12-15(2)27(24-14)13-19(28)26(7-6-25-8-10-29-11-9-25)21-23-20-16(3)17(22)4-5-18(20)30-21/h4-5,12H,6-11,13H2,1-3H3. The molecule has 1 aliphatic heterocycles. The summed E-state index contributed by atoms with van der Waals surface area (Å²) in [4.78, 5) is 22.2. The van der Waals surface area contributed by atoms with E-state index in [-0.39, 0.29) is 12.5 Å². The van der Waals surface area contributed by atoms with Gasteiger partial charge in [0.05, 0.1) is 29.1 Å². The number of hydrogen-bond donors (Lipinski definition) is 0. The molecule has 0 aliphatic carbocycles. The van der Waals surface area contributed by atoms with Gasteiger partial charge in [0, 0.05) is 36.9 Å². The first-order valence-electron chi connectivity index (χ1n) is 10.1. The Morgan fingerprint density at radius 3 is 2.73 bits per heavy atom. The van der Waals surface area contributed by atoms with E-state index in [4.69, 9.17) is 21.3 Å². The van der Waals surface area contributed by atoms with Crippen molar-refractivity contribution in [2.45, 2.75) is 27.3 Å². The van der Waals surface area contributed by atoms with Crippen molar-refractivity contribution in [2.75, 3.05) is 44.3 Å². The zero-order valence-corrected chi connectivity index (χ0v) is 19.1. The Bertz CT molecular complexity index is 1060. The normalized spacial score (nSPS) is 15.1. The number of benzene rings is 1. The summed E-state index contributed by atoms with van der Waals surface area (Å²) in [5, 5.41) is 5.84. The van der Waals surface area contributed by atoms with Crippen molar-refractivity contribution in [1.29, 1.82) is 0 Å². The van der Waals surface area contributed by atoms with E-state index in [0.29, 0.717) is 16.7 Å². The van der Waals surface area contributed by atoms with Gasteiger partial charge in [0.2, 0.25) is 0 Å². The second kappa shape index (κ2) is 9.01. The van der Waals surface area contributed by atoms with E-state index in [1.807, 2.05) is 39.0 Å². The molecule has 9 heteroatoms. The molecule has 0 saturated carbocycles. The van der Waals surface area contributed by atoms with Gasteiger partial charge in [-0.2, -0.15) is 5.10 Å². The van der Waals surface area contributed by atoms with E-state index in [1.54, 1.807) is 9.58 Å². The van der Waals surface area contributed by atoms with Crippen LogP contribution in [0.5, 0.6) is 0 Å². The van der Waals surface area contributed by atoms with Crippen LogP contribution in [0.15, 0.2) is 18.2 Å². The van der Waals surface area contributed by atoms with Crippen LogP contribution in [0.2, 0.25) is 5.02 Å². The minimum Gasteiger partial charge on any atom is -0.379 e. The monoisotopic (exact) mass is 447 g/mol. The molecule has 1 amide bonds. The molecule has 0 spiro atoms. The molecule has 1 fully saturated rings. The number of halogens is 1. The number of thiazole rings is 1. The summed E-state index contributed by atoms with van der Waals surface area (Å²) >= 11 is 7.81. The molecule has 0 radical (unpaired) electrons. The highest BCUT2D eigenvalue weighted by Crippen LogP contribution is 2.33. The van der Waals surface area contributed by atoms with Crippen LogP contribution in [0, 0.1) is 20.8 Å². The first-order chi connectivity index (χ1) is 14.4. The first-order valence-corrected chi connectivity index (χ1v) is 11.3. The van der Waals surface area contributed by atoms with Crippen LogP contribution in [0.1, 0.15) is 17.0 Å². The summed E-state index contributed by atoms with van der Waals surface area (Å²) in [6.07, 6.45) is 0. The number of fused-ring (bicyclic) bond motifs is 1. The number of aryl methyl sites for hydroxylation is 3. The highest BCUT2D eigenvalue weighted by molar-refractivity contribution is 7.22. The second-order valence-electron chi connectivity index (χ2n) is 7.60. The van der Waals surface area contributed by atoms with Crippen molar-refractivity contribution in [3.63, 3.8) is 0 Å². The van der Waals surface area contributed by atoms with Crippen LogP contribution in [-0.2, 0) is 16.1 Å². The molecule has 3 heterocycles. The molecule has 0 atom stereocenters. The quantitative estimate of drug-likeness (QED) is 0.579. The number of carbonyl (C=O) groups is 1. The lowest BCUT2D eigenvalue weighted by Gasteiger charge is -2.29. The molecular weight excluding hydrogens is 422 g/mol. The molecule has 7 nitrogen and oxygen atoms in total. The van der Waals surface area contributed by atoms with Gasteiger partial charge in [-0.25, -0.2) is 4.98 Å². The van der Waals surface area contributed by atoms with Gasteiger partial charge >= 0.3 is 0 Å². The van der Waals surface area contributed by atoms with E-state index >= 15 is 0 Å². The third-order valence-corrected chi connectivity index (χ3v) is 6.85. The van der Waals surface area contributed by atoms with Crippen molar-refractivity contribution in [1.82, 2.24) is 19.7 Å². The van der Waals surface area contributed by atoms with Crippen molar-refractivity contribution in [2.24, 2.45) is 0 Å². The Morgan fingerprint density at radius 2 is 2.03 bits per heavy atom. The fourth-order valence-electron chi connectivity index (χ4n) is 3.65. The maximum atomic E-state index is 13.3. The van der Waals surface area contributed by atoms with Crippen molar-refractivity contribution in [3.05, 3.63) is 40.2 Å². The SMILES string of the molecule is Cc1cc(C)n(CC(=O)N(CCN2CCOCC2)c2nc3c(C)c(Cl)ccc3s2)n1. The summed E-state index contributed by atoms with van der Waals surface area (Å²) < 4.78 is 8.23. The van der Waals surface area contributed by atoms with Gasteiger partial charge in [-0.3, -0.25) is 19.3 Å². The van der Waals surface area contributed by atoms with Crippen LogP contribution in [0.25, 0.3) is 10.2 Å². The third-order valence-electron chi connectivity index (χ3n) is 5.40. The van der Waals surface area contributed by atoms with Gasteiger partial charge in [-0.15, -0.1) is 0 Å². The minimum atomic E-state index is -0.0164. The molecule has 1 aliphatic rings. The largest absolute Gasteiger partial charge is 0.379 e. The average molecular weight is 448 g/mol. The Balaban J connectivity index is 1.61. The molecule has 2 aromatic heterocycles. The van der Waals surface area contributed by atoms with E-state index < -0.39 is 0 Å². The number of morpholine rings is 1. The lowest BCUT2D eigenvalue weighted by atomic mass is 10.2. The highest BCUT2D eigenvalue weighted by atomic mass is 35.5. The lowest BCUT2D eigenvalue weighted by Crippen LogP contribution is -2.44. The summed E-state index contributed by atoms with van der Waals surface area (Å²) in [7, 11) is 0. The second-order valence-corrected chi connectivity index (χ2v) is 9.02. The number of aromatic nitrogens is 3. The Hall–Kier alpha value is -2.00. The molecule has 1 aromatic carbocycles. The zero-order chi connectivity index (χ0) is 21.3. The van der Waals surface area contributed by atoms with Gasteiger partial charge in [0.25, 0.3) is 5.91 Å². The molecular formula is C21H26ClN5O2S. The van der Waals surface area contributed by atoms with Gasteiger partial charge in [0.15, 0.2) is 5.13 Å². The Morgan fingerprint density at radius 1 is 1.27 bits per heavy atom. The number of amides is 1. The molecule has 0 unspecified atom stereocenters. The predicted octanol–water partition coefficient (Wildman–Crippen LogP) is 3.44. The lowest BCUT2D eigenvalue weighted by molar-refractivity contribution is -0.119. The van der Waals surface area contributed by atoms with Gasteiger partial charge in [-0.05, 0) is 44.5 Å². The Kier molecular flexibility index (Phi) is 6.38. The van der Waals surface area contributed by atoms with Crippen molar-refractivity contribution in [3.8, 4) is 0 Å². The summed E-state index contributed by atoms with van der Waals surface area (Å²) in [6, 6.07) is 5.84. The zero-order valence-electron chi connectivity index (χ0n) is 17.5. The molecule has 0 bridgehead atoms. The van der Waals surface area contributed by atoms with E-state index in [2.05, 4.69) is 10.00 Å². The maximum Gasteiger partial charge on any atom is 0.250 e. The number of ether oxygens (including phenoxy) is 1. The molecule has 0 N–H and O–H groups in total. The molecule has 160 valence electrons. The Labute approximate surface area is 185 Å². The number of nitrogens with zero attached hydrogens (tertiary/aromatic N) is 5. The fourth-order valence-corrected chi connectivity index (χ4v) is 4.87. The van der Waals surface area contributed by atoms with Crippen LogP contribution in [-0.4, -0.2) is 65.0 Å². The van der Waals surface area contributed by atoms with Crippen LogP contribution in [0.4, 0.5) is 5.13 Å². The van der Waals surface area contributed by atoms with Crippen LogP contribution < -0.4 is 4.90 Å². The summed E-state index contributed by atoms with van der Waals surface area (Å²) in [5.41, 5.74) is 3.68. The number of hydrogen-bond acceptors (Lipinski definition) is 6. The minimum absolute atomic E-state index is 0.0164. The van der Waals surface area contributed by atoms with Gasteiger partial charge in [-0.1, -0.05) is 22.9 Å². The molecule has 30 heavy (non-hydrogen) atoms. The van der Waals surface area contributed by atoms with E-state index in [0.717, 1.165) is 60.0 Å². The van der Waals surface area contributed by atoms with Crippen LogP contribution in [0.3, 0.4) is 0 Å². The number of rotatable bonds is 6. The van der Waals surface area contributed by atoms with Crippen molar-refractivity contribution >= 4 is 44.2 Å². The molecule has 4 rings (SSSR count). The van der Waals surface area contributed by atoms with E-state index in [9.17, 15) is 4.79 Å². The van der Waals surface area contributed by atoms with Crippen LogP contribution >= 0.6 is 22.9 Å². The summed E-state index contributed by atoms with van der Waals surface area (Å²) in [6.45, 7) is 10.6. The predicted molar refractivity (Wildman–Crippen MR) is 121 cm³/mol. The first kappa shape index (κ1) is 21.2. The van der Waals surface area contributed by atoms with Crippen molar-refractivity contribution < 1.29 is 9.53 Å². The van der Waals surface area contributed by atoms with Gasteiger partial charge in [0.1, 0.15) is 6.54 Å². The topological polar surface area (TPSA) is 63.5 Å². The van der Waals surface area contributed by atoms with Gasteiger partial charge < -0.3 is 4.74 Å². The highest BCUT2D eigenvalue weighted by Gasteiger charge is 2.23. The maximum absolute atomic E-state index is 13.3. The smallest absolute Gasteiger partial charge is 0.250 e. The summed E-state index contributed by atoms with van der Waals surface area (Å²) in [5.74, 6) is -0.0164. The number of anilines is 1.